The van der Waals surface area contributed by atoms with Crippen molar-refractivity contribution in [1.82, 2.24) is 0 Å². The molecule has 1 atom stereocenters. The van der Waals surface area contributed by atoms with Crippen LogP contribution in [0.1, 0.15) is 6.42 Å². The van der Waals surface area contributed by atoms with Crippen molar-refractivity contribution < 1.29 is 14.4 Å². The van der Waals surface area contributed by atoms with Gasteiger partial charge in [0.05, 0.1) is 16.7 Å². The number of anilines is 2. The van der Waals surface area contributed by atoms with Gasteiger partial charge in [-0.2, -0.15) is 0 Å². The van der Waals surface area contributed by atoms with Gasteiger partial charge >= 0.3 is 0 Å². The van der Waals surface area contributed by atoms with Gasteiger partial charge in [-0.3, -0.25) is 14.4 Å². The standard InChI is InChI=1S/C26H20N2O3S/c29-24(27-20-13-12-17-6-1-2-8-19(17)14-20)16-32-23-15-25(30)28(26(23)31)22-11-5-9-18-7-3-4-10-21(18)22/h1-14,23H,15-16H2,(H,27,29)/t23-/m1/s1. The molecule has 3 amide bonds. The summed E-state index contributed by atoms with van der Waals surface area (Å²) in [4.78, 5) is 39.5. The van der Waals surface area contributed by atoms with Crippen LogP contribution < -0.4 is 10.2 Å². The molecular weight excluding hydrogens is 420 g/mol. The van der Waals surface area contributed by atoms with Crippen LogP contribution in [0.3, 0.4) is 0 Å². The highest BCUT2D eigenvalue weighted by Crippen LogP contribution is 2.34. The van der Waals surface area contributed by atoms with Crippen LogP contribution >= 0.6 is 11.8 Å². The zero-order valence-corrected chi connectivity index (χ0v) is 18.0. The Labute approximate surface area is 189 Å². The fraction of sp³-hybridized carbons (Fsp3) is 0.115. The molecule has 1 saturated heterocycles. The zero-order chi connectivity index (χ0) is 22.1. The van der Waals surface area contributed by atoms with Gasteiger partial charge in [-0.05, 0) is 34.4 Å². The molecule has 1 heterocycles. The highest BCUT2D eigenvalue weighted by Gasteiger charge is 2.40. The van der Waals surface area contributed by atoms with Crippen molar-refractivity contribution in [2.45, 2.75) is 11.7 Å². The number of amides is 3. The van der Waals surface area contributed by atoms with Crippen molar-refractivity contribution >= 4 is 62.4 Å². The number of rotatable bonds is 5. The van der Waals surface area contributed by atoms with Gasteiger partial charge < -0.3 is 5.32 Å². The van der Waals surface area contributed by atoms with Gasteiger partial charge in [0.15, 0.2) is 0 Å². The molecule has 0 radical (unpaired) electrons. The lowest BCUT2D eigenvalue weighted by Crippen LogP contribution is -2.31. The summed E-state index contributed by atoms with van der Waals surface area (Å²) in [6.45, 7) is 0. The van der Waals surface area contributed by atoms with E-state index in [9.17, 15) is 14.4 Å². The monoisotopic (exact) mass is 440 g/mol. The number of thioether (sulfide) groups is 1. The Kier molecular flexibility index (Phi) is 5.37. The highest BCUT2D eigenvalue weighted by atomic mass is 32.2. The zero-order valence-electron chi connectivity index (χ0n) is 17.2. The fourth-order valence-corrected chi connectivity index (χ4v) is 4.96. The molecule has 4 aromatic carbocycles. The van der Waals surface area contributed by atoms with Crippen LogP contribution in [-0.2, 0) is 14.4 Å². The first kappa shape index (κ1) is 20.3. The quantitative estimate of drug-likeness (QED) is 0.444. The number of nitrogens with zero attached hydrogens (tertiary/aromatic N) is 1. The van der Waals surface area contributed by atoms with Crippen molar-refractivity contribution in [1.29, 1.82) is 0 Å². The van der Waals surface area contributed by atoms with E-state index < -0.39 is 5.25 Å². The molecule has 1 fully saturated rings. The molecule has 0 unspecified atom stereocenters. The van der Waals surface area contributed by atoms with Crippen LogP contribution in [-0.4, -0.2) is 28.7 Å². The summed E-state index contributed by atoms with van der Waals surface area (Å²) in [5.74, 6) is -0.609. The lowest BCUT2D eigenvalue weighted by molar-refractivity contribution is -0.121. The molecule has 1 N–H and O–H groups in total. The Balaban J connectivity index is 1.26. The molecule has 0 aromatic heterocycles. The highest BCUT2D eigenvalue weighted by molar-refractivity contribution is 8.01. The van der Waals surface area contributed by atoms with Gasteiger partial charge in [0, 0.05) is 17.5 Å². The molecule has 1 aliphatic rings. The van der Waals surface area contributed by atoms with Crippen LogP contribution in [0, 0.1) is 0 Å². The van der Waals surface area contributed by atoms with Gasteiger partial charge in [0.1, 0.15) is 0 Å². The van der Waals surface area contributed by atoms with E-state index in [2.05, 4.69) is 5.32 Å². The smallest absolute Gasteiger partial charge is 0.247 e. The van der Waals surface area contributed by atoms with Crippen LogP contribution in [0.2, 0.25) is 0 Å². The van der Waals surface area contributed by atoms with Gasteiger partial charge in [-0.25, -0.2) is 4.90 Å². The van der Waals surface area contributed by atoms with E-state index >= 15 is 0 Å². The van der Waals surface area contributed by atoms with Crippen molar-refractivity contribution in [2.75, 3.05) is 16.0 Å². The predicted molar refractivity (Wildman–Crippen MR) is 130 cm³/mol. The second kappa shape index (κ2) is 8.48. The molecule has 0 spiro atoms. The minimum Gasteiger partial charge on any atom is -0.325 e. The molecular formula is C26H20N2O3S. The first-order chi connectivity index (χ1) is 15.6. The maximum Gasteiger partial charge on any atom is 0.247 e. The summed E-state index contributed by atoms with van der Waals surface area (Å²) >= 11 is 1.21. The number of imide groups is 1. The molecule has 0 saturated carbocycles. The number of benzene rings is 4. The maximum absolute atomic E-state index is 13.0. The van der Waals surface area contributed by atoms with Crippen LogP contribution in [0.15, 0.2) is 84.9 Å². The second-order valence-corrected chi connectivity index (χ2v) is 8.87. The number of nitrogens with one attached hydrogen (secondary N) is 1. The van der Waals surface area contributed by atoms with E-state index in [4.69, 9.17) is 0 Å². The number of hydrogen-bond donors (Lipinski definition) is 1. The number of carbonyl (C=O) groups excluding carboxylic acids is 3. The maximum atomic E-state index is 13.0. The third-order valence-corrected chi connectivity index (χ3v) is 6.76. The molecule has 32 heavy (non-hydrogen) atoms. The SMILES string of the molecule is O=C(CS[C@@H]1CC(=O)N(c2cccc3ccccc23)C1=O)Nc1ccc2ccccc2c1. The molecule has 158 valence electrons. The van der Waals surface area contributed by atoms with Gasteiger partial charge in [-0.15, -0.1) is 11.8 Å². The average molecular weight is 441 g/mol. The Morgan fingerprint density at radius 1 is 0.875 bits per heavy atom. The minimum absolute atomic E-state index is 0.0932. The Bertz CT molecular complexity index is 1360. The molecule has 0 bridgehead atoms. The van der Waals surface area contributed by atoms with E-state index in [0.717, 1.165) is 21.5 Å². The van der Waals surface area contributed by atoms with Crippen molar-refractivity contribution in [3.8, 4) is 0 Å². The largest absolute Gasteiger partial charge is 0.325 e. The van der Waals surface area contributed by atoms with Crippen LogP contribution in [0.5, 0.6) is 0 Å². The number of hydrogen-bond acceptors (Lipinski definition) is 4. The third-order valence-electron chi connectivity index (χ3n) is 5.56. The summed E-state index contributed by atoms with van der Waals surface area (Å²) < 4.78 is 0. The van der Waals surface area contributed by atoms with E-state index in [0.29, 0.717) is 11.4 Å². The lowest BCUT2D eigenvalue weighted by Gasteiger charge is -2.17. The summed E-state index contributed by atoms with van der Waals surface area (Å²) in [7, 11) is 0. The molecule has 4 aromatic rings. The van der Waals surface area contributed by atoms with Crippen molar-refractivity contribution in [3.05, 3.63) is 84.9 Å². The summed E-state index contributed by atoms with van der Waals surface area (Å²) in [5, 5.41) is 6.28. The van der Waals surface area contributed by atoms with E-state index in [1.807, 2.05) is 78.9 Å². The Morgan fingerprint density at radius 2 is 1.59 bits per heavy atom. The molecule has 5 nitrogen and oxygen atoms in total. The van der Waals surface area contributed by atoms with E-state index in [1.165, 1.54) is 16.7 Å². The van der Waals surface area contributed by atoms with Gasteiger partial charge in [0.25, 0.3) is 0 Å². The molecule has 1 aliphatic heterocycles. The Hall–Kier alpha value is -3.64. The third kappa shape index (κ3) is 3.85. The summed E-state index contributed by atoms with van der Waals surface area (Å²) in [6.07, 6.45) is 0.0932. The minimum atomic E-state index is -0.566. The summed E-state index contributed by atoms with van der Waals surface area (Å²) in [5.41, 5.74) is 1.31. The van der Waals surface area contributed by atoms with Crippen LogP contribution in [0.25, 0.3) is 21.5 Å². The van der Waals surface area contributed by atoms with Gasteiger partial charge in [-0.1, -0.05) is 66.7 Å². The number of carbonyl (C=O) groups is 3. The second-order valence-electron chi connectivity index (χ2n) is 7.68. The van der Waals surface area contributed by atoms with E-state index in [1.54, 1.807) is 6.07 Å². The first-order valence-electron chi connectivity index (χ1n) is 10.3. The Morgan fingerprint density at radius 3 is 2.44 bits per heavy atom. The van der Waals surface area contributed by atoms with E-state index in [-0.39, 0.29) is 29.9 Å². The topological polar surface area (TPSA) is 66.5 Å². The summed E-state index contributed by atoms with van der Waals surface area (Å²) in [6, 6.07) is 26.9. The van der Waals surface area contributed by atoms with Gasteiger partial charge in [0.2, 0.25) is 17.7 Å². The predicted octanol–water partition coefficient (Wildman–Crippen LogP) is 5.00. The fourth-order valence-electron chi connectivity index (χ4n) is 4.03. The van der Waals surface area contributed by atoms with Crippen molar-refractivity contribution in [2.24, 2.45) is 0 Å². The van der Waals surface area contributed by atoms with Crippen LogP contribution in [0.4, 0.5) is 11.4 Å². The first-order valence-corrected chi connectivity index (χ1v) is 11.4. The average Bonchev–Trinajstić information content (AvgIpc) is 3.10. The normalized spacial score (nSPS) is 16.1. The number of fused-ring (bicyclic) bond motifs is 2. The van der Waals surface area contributed by atoms with Crippen molar-refractivity contribution in [3.63, 3.8) is 0 Å². The lowest BCUT2D eigenvalue weighted by atomic mass is 10.1. The molecule has 0 aliphatic carbocycles. The molecule has 6 heteroatoms. The molecule has 5 rings (SSSR count).